The molecule has 0 atom stereocenters. The Balaban J connectivity index is 2.78. The molecule has 2 heteroatoms. The fourth-order valence-corrected chi connectivity index (χ4v) is 0.755. The molecule has 2 nitrogen and oxygen atoms in total. The molecule has 56 valence electrons. The summed E-state index contributed by atoms with van der Waals surface area (Å²) in [5.41, 5.74) is 0. The summed E-state index contributed by atoms with van der Waals surface area (Å²) in [4.78, 5) is 4.09. The van der Waals surface area contributed by atoms with Gasteiger partial charge in [-0.3, -0.25) is 0 Å². The van der Waals surface area contributed by atoms with E-state index < -0.39 is 0 Å². The Morgan fingerprint density at radius 1 is 1.60 bits per heavy atom. The summed E-state index contributed by atoms with van der Waals surface area (Å²) in [6.07, 6.45) is 2.69. The molecule has 0 aromatic carbocycles. The van der Waals surface area contributed by atoms with Crippen molar-refractivity contribution in [1.82, 2.24) is 4.98 Å². The Kier molecular flexibility index (Phi) is 2.10. The maximum atomic E-state index is 5.38. The highest BCUT2D eigenvalue weighted by Crippen LogP contribution is 2.14. The predicted molar refractivity (Wildman–Crippen MR) is 40.0 cm³/mol. The summed E-state index contributed by atoms with van der Waals surface area (Å²) in [5.74, 6) is 2.27. The van der Waals surface area contributed by atoms with E-state index in [-0.39, 0.29) is 0 Å². The third-order valence-corrected chi connectivity index (χ3v) is 1.44. The number of nitrogens with zero attached hydrogens (tertiary/aromatic N) is 1. The number of aromatic nitrogens is 1. The van der Waals surface area contributed by atoms with Gasteiger partial charge < -0.3 is 4.42 Å². The van der Waals surface area contributed by atoms with Crippen LogP contribution in [-0.4, -0.2) is 4.98 Å². The van der Waals surface area contributed by atoms with E-state index in [0.717, 1.165) is 18.1 Å². The minimum absolute atomic E-state index is 0.452. The SMILES string of the molecule is CCc1ncc(C(C)C)o1. The molecule has 1 aromatic rings. The highest BCUT2D eigenvalue weighted by molar-refractivity contribution is 4.98. The first-order valence-corrected chi connectivity index (χ1v) is 3.68. The first kappa shape index (κ1) is 7.32. The van der Waals surface area contributed by atoms with E-state index >= 15 is 0 Å². The van der Waals surface area contributed by atoms with Gasteiger partial charge in [0.1, 0.15) is 5.76 Å². The standard InChI is InChI=1S/C8H13NO/c1-4-8-9-5-7(10-8)6(2)3/h5-6H,4H2,1-3H3. The monoisotopic (exact) mass is 139 g/mol. The smallest absolute Gasteiger partial charge is 0.194 e. The quantitative estimate of drug-likeness (QED) is 0.628. The lowest BCUT2D eigenvalue weighted by molar-refractivity contribution is 0.443. The van der Waals surface area contributed by atoms with Crippen molar-refractivity contribution in [1.29, 1.82) is 0 Å². The molecule has 0 aliphatic carbocycles. The fourth-order valence-electron chi connectivity index (χ4n) is 0.755. The number of hydrogen-bond donors (Lipinski definition) is 0. The van der Waals surface area contributed by atoms with Crippen LogP contribution in [0.25, 0.3) is 0 Å². The summed E-state index contributed by atoms with van der Waals surface area (Å²) in [6.45, 7) is 6.23. The number of aryl methyl sites for hydroxylation is 1. The second-order valence-corrected chi connectivity index (χ2v) is 2.66. The number of hydrogen-bond acceptors (Lipinski definition) is 2. The number of oxazole rings is 1. The Hall–Kier alpha value is -0.790. The number of rotatable bonds is 2. The molecule has 0 amide bonds. The summed E-state index contributed by atoms with van der Waals surface area (Å²) in [5, 5.41) is 0. The molecule has 0 radical (unpaired) electrons. The van der Waals surface area contributed by atoms with E-state index in [0.29, 0.717) is 5.92 Å². The van der Waals surface area contributed by atoms with Crippen LogP contribution in [-0.2, 0) is 6.42 Å². The van der Waals surface area contributed by atoms with E-state index in [2.05, 4.69) is 18.8 Å². The Bertz CT molecular complexity index is 203. The molecule has 0 saturated heterocycles. The molecule has 1 aromatic heterocycles. The molecule has 1 rings (SSSR count). The molecule has 0 bridgehead atoms. The predicted octanol–water partition coefficient (Wildman–Crippen LogP) is 2.36. The summed E-state index contributed by atoms with van der Waals surface area (Å²) < 4.78 is 5.38. The highest BCUT2D eigenvalue weighted by Gasteiger charge is 2.04. The van der Waals surface area contributed by atoms with Gasteiger partial charge in [-0.05, 0) is 0 Å². The van der Waals surface area contributed by atoms with Gasteiger partial charge >= 0.3 is 0 Å². The zero-order chi connectivity index (χ0) is 7.56. The molecule has 0 aliphatic heterocycles. The lowest BCUT2D eigenvalue weighted by Gasteiger charge is -1.95. The Morgan fingerprint density at radius 3 is 2.60 bits per heavy atom. The molecule has 0 unspecified atom stereocenters. The van der Waals surface area contributed by atoms with Gasteiger partial charge in [0.2, 0.25) is 0 Å². The van der Waals surface area contributed by atoms with Gasteiger partial charge in [0.05, 0.1) is 6.20 Å². The maximum Gasteiger partial charge on any atom is 0.194 e. The van der Waals surface area contributed by atoms with E-state index in [1.807, 2.05) is 13.1 Å². The molecule has 0 saturated carbocycles. The van der Waals surface area contributed by atoms with Gasteiger partial charge in [0.15, 0.2) is 5.89 Å². The Labute approximate surface area is 61.3 Å². The van der Waals surface area contributed by atoms with Crippen LogP contribution in [0.4, 0.5) is 0 Å². The van der Waals surface area contributed by atoms with Gasteiger partial charge in [-0.15, -0.1) is 0 Å². The summed E-state index contributed by atoms with van der Waals surface area (Å²) >= 11 is 0. The van der Waals surface area contributed by atoms with Crippen LogP contribution in [0, 0.1) is 0 Å². The molecule has 0 spiro atoms. The van der Waals surface area contributed by atoms with E-state index in [4.69, 9.17) is 4.42 Å². The van der Waals surface area contributed by atoms with Crippen LogP contribution in [0.15, 0.2) is 10.6 Å². The summed E-state index contributed by atoms with van der Waals surface area (Å²) in [6, 6.07) is 0. The molecular formula is C8H13NO. The maximum absolute atomic E-state index is 5.38. The Morgan fingerprint density at radius 2 is 2.30 bits per heavy atom. The van der Waals surface area contributed by atoms with E-state index in [1.54, 1.807) is 0 Å². The van der Waals surface area contributed by atoms with Gasteiger partial charge in [-0.2, -0.15) is 0 Å². The molecular weight excluding hydrogens is 126 g/mol. The first-order chi connectivity index (χ1) is 4.74. The average molecular weight is 139 g/mol. The third-order valence-electron chi connectivity index (χ3n) is 1.44. The molecule has 10 heavy (non-hydrogen) atoms. The minimum atomic E-state index is 0.452. The average Bonchev–Trinajstić information content (AvgIpc) is 2.34. The molecule has 0 aliphatic rings. The van der Waals surface area contributed by atoms with E-state index in [1.165, 1.54) is 0 Å². The normalized spacial score (nSPS) is 10.8. The first-order valence-electron chi connectivity index (χ1n) is 3.68. The third kappa shape index (κ3) is 1.38. The van der Waals surface area contributed by atoms with Gasteiger partial charge in [-0.1, -0.05) is 20.8 Å². The molecule has 1 heterocycles. The zero-order valence-corrected chi connectivity index (χ0v) is 6.72. The van der Waals surface area contributed by atoms with Gasteiger partial charge in [0, 0.05) is 12.3 Å². The highest BCUT2D eigenvalue weighted by atomic mass is 16.4. The van der Waals surface area contributed by atoms with Crippen LogP contribution in [0.3, 0.4) is 0 Å². The largest absolute Gasteiger partial charge is 0.445 e. The molecule has 0 N–H and O–H groups in total. The van der Waals surface area contributed by atoms with Crippen LogP contribution in [0.1, 0.15) is 38.3 Å². The van der Waals surface area contributed by atoms with E-state index in [9.17, 15) is 0 Å². The van der Waals surface area contributed by atoms with Crippen molar-refractivity contribution < 1.29 is 4.42 Å². The van der Waals surface area contributed by atoms with Crippen molar-refractivity contribution in [3.05, 3.63) is 17.8 Å². The second-order valence-electron chi connectivity index (χ2n) is 2.66. The second kappa shape index (κ2) is 2.86. The lowest BCUT2D eigenvalue weighted by atomic mass is 10.2. The van der Waals surface area contributed by atoms with Gasteiger partial charge in [0.25, 0.3) is 0 Å². The lowest BCUT2D eigenvalue weighted by Crippen LogP contribution is -1.80. The van der Waals surface area contributed by atoms with Crippen LogP contribution >= 0.6 is 0 Å². The van der Waals surface area contributed by atoms with Crippen molar-refractivity contribution in [2.45, 2.75) is 33.1 Å². The van der Waals surface area contributed by atoms with Crippen LogP contribution in [0.5, 0.6) is 0 Å². The van der Waals surface area contributed by atoms with Crippen molar-refractivity contribution in [2.24, 2.45) is 0 Å². The molecule has 0 fully saturated rings. The zero-order valence-electron chi connectivity index (χ0n) is 6.72. The van der Waals surface area contributed by atoms with Crippen molar-refractivity contribution in [3.63, 3.8) is 0 Å². The van der Waals surface area contributed by atoms with Gasteiger partial charge in [-0.25, -0.2) is 4.98 Å². The van der Waals surface area contributed by atoms with Crippen molar-refractivity contribution in [2.75, 3.05) is 0 Å². The van der Waals surface area contributed by atoms with Crippen molar-refractivity contribution >= 4 is 0 Å². The summed E-state index contributed by atoms with van der Waals surface area (Å²) in [7, 11) is 0. The fraction of sp³-hybridized carbons (Fsp3) is 0.625. The minimum Gasteiger partial charge on any atom is -0.445 e. The van der Waals surface area contributed by atoms with Crippen molar-refractivity contribution in [3.8, 4) is 0 Å². The van der Waals surface area contributed by atoms with Crippen LogP contribution in [0.2, 0.25) is 0 Å². The topological polar surface area (TPSA) is 26.0 Å². The van der Waals surface area contributed by atoms with Crippen LogP contribution < -0.4 is 0 Å².